The standard InChI is InChI=1S/C30H24N2O3/c1-19-13-15-21(16-14-19)27-25(17-18-31-28(33)23-10-4-5-11-24(23)29(31)34)30(35)32(27)26-12-6-8-20-7-2-3-9-22(20)26/h2-16,25,27H,17-18H2,1H3/t25-,27-/m1/s1. The lowest BCUT2D eigenvalue weighted by Crippen LogP contribution is -2.56. The molecule has 5 heteroatoms. The number of rotatable bonds is 5. The van der Waals surface area contributed by atoms with E-state index >= 15 is 0 Å². The summed E-state index contributed by atoms with van der Waals surface area (Å²) in [5, 5.41) is 2.11. The van der Waals surface area contributed by atoms with E-state index in [1.807, 2.05) is 54.3 Å². The highest BCUT2D eigenvalue weighted by Crippen LogP contribution is 2.47. The maximum absolute atomic E-state index is 13.6. The van der Waals surface area contributed by atoms with Crippen LogP contribution in [-0.4, -0.2) is 29.2 Å². The predicted octanol–water partition coefficient (Wildman–Crippen LogP) is 5.54. The Morgan fingerprint density at radius 1 is 0.714 bits per heavy atom. The van der Waals surface area contributed by atoms with Gasteiger partial charge in [0.1, 0.15) is 0 Å². The Morgan fingerprint density at radius 2 is 1.34 bits per heavy atom. The number of fused-ring (bicyclic) bond motifs is 2. The van der Waals surface area contributed by atoms with Crippen LogP contribution in [0.15, 0.2) is 91.0 Å². The monoisotopic (exact) mass is 460 g/mol. The van der Waals surface area contributed by atoms with Crippen LogP contribution < -0.4 is 4.90 Å². The average Bonchev–Trinajstić information content (AvgIpc) is 3.13. The molecule has 5 nitrogen and oxygen atoms in total. The smallest absolute Gasteiger partial charge is 0.261 e. The van der Waals surface area contributed by atoms with Crippen LogP contribution in [0.5, 0.6) is 0 Å². The lowest BCUT2D eigenvalue weighted by Gasteiger charge is -2.48. The van der Waals surface area contributed by atoms with Crippen LogP contribution in [0.2, 0.25) is 0 Å². The molecule has 0 spiro atoms. The molecule has 0 unspecified atom stereocenters. The van der Waals surface area contributed by atoms with Crippen molar-refractivity contribution in [1.82, 2.24) is 4.90 Å². The molecular weight excluding hydrogens is 436 g/mol. The molecule has 0 aromatic heterocycles. The van der Waals surface area contributed by atoms with Gasteiger partial charge in [0.05, 0.1) is 28.8 Å². The van der Waals surface area contributed by atoms with Crippen LogP contribution in [-0.2, 0) is 4.79 Å². The van der Waals surface area contributed by atoms with Gasteiger partial charge in [0, 0.05) is 11.9 Å². The second-order valence-corrected chi connectivity index (χ2v) is 9.26. The Hall–Kier alpha value is -4.25. The van der Waals surface area contributed by atoms with Crippen molar-refractivity contribution in [2.75, 3.05) is 11.4 Å². The topological polar surface area (TPSA) is 57.7 Å². The van der Waals surface area contributed by atoms with E-state index < -0.39 is 0 Å². The van der Waals surface area contributed by atoms with Crippen molar-refractivity contribution in [2.45, 2.75) is 19.4 Å². The van der Waals surface area contributed by atoms with Gasteiger partial charge in [-0.15, -0.1) is 0 Å². The Labute approximate surface area is 203 Å². The zero-order chi connectivity index (χ0) is 24.1. The van der Waals surface area contributed by atoms with E-state index in [2.05, 4.69) is 24.3 Å². The molecule has 2 atom stereocenters. The Morgan fingerprint density at radius 3 is 2.06 bits per heavy atom. The first-order chi connectivity index (χ1) is 17.0. The molecule has 4 aromatic rings. The Balaban J connectivity index is 1.32. The summed E-state index contributed by atoms with van der Waals surface area (Å²) in [6, 6.07) is 29.0. The van der Waals surface area contributed by atoms with E-state index in [0.29, 0.717) is 17.5 Å². The van der Waals surface area contributed by atoms with E-state index in [4.69, 9.17) is 0 Å². The van der Waals surface area contributed by atoms with Gasteiger partial charge in [-0.2, -0.15) is 0 Å². The molecule has 2 heterocycles. The lowest BCUT2D eigenvalue weighted by molar-refractivity contribution is -0.130. The SMILES string of the molecule is Cc1ccc([C@@H]2[C@@H](CCN3C(=O)c4ccccc4C3=O)C(=O)N2c2cccc3ccccc23)cc1. The molecule has 0 radical (unpaired) electrons. The fourth-order valence-corrected chi connectivity index (χ4v) is 5.37. The number of β-lactam (4-membered cyclic amide) rings is 1. The number of aryl methyl sites for hydroxylation is 1. The van der Waals surface area contributed by atoms with E-state index in [1.54, 1.807) is 24.3 Å². The van der Waals surface area contributed by atoms with Crippen molar-refractivity contribution < 1.29 is 14.4 Å². The van der Waals surface area contributed by atoms with E-state index in [9.17, 15) is 14.4 Å². The molecule has 0 saturated carbocycles. The van der Waals surface area contributed by atoms with Gasteiger partial charge in [0.25, 0.3) is 11.8 Å². The van der Waals surface area contributed by atoms with Crippen LogP contribution in [0.25, 0.3) is 10.8 Å². The average molecular weight is 461 g/mol. The third-order valence-corrected chi connectivity index (χ3v) is 7.20. The van der Waals surface area contributed by atoms with Crippen molar-refractivity contribution in [2.24, 2.45) is 5.92 Å². The van der Waals surface area contributed by atoms with Crippen LogP contribution >= 0.6 is 0 Å². The predicted molar refractivity (Wildman–Crippen MR) is 135 cm³/mol. The molecule has 35 heavy (non-hydrogen) atoms. The Bertz CT molecular complexity index is 1450. The summed E-state index contributed by atoms with van der Waals surface area (Å²) in [7, 11) is 0. The van der Waals surface area contributed by atoms with E-state index in [0.717, 1.165) is 27.6 Å². The largest absolute Gasteiger partial charge is 0.303 e. The molecule has 1 fully saturated rings. The number of nitrogens with zero attached hydrogens (tertiary/aromatic N) is 2. The number of carbonyl (C=O) groups is 3. The van der Waals surface area contributed by atoms with E-state index in [1.165, 1.54) is 4.90 Å². The quantitative estimate of drug-likeness (QED) is 0.290. The molecule has 2 aliphatic heterocycles. The fraction of sp³-hybridized carbons (Fsp3) is 0.167. The van der Waals surface area contributed by atoms with Gasteiger partial charge in [0.2, 0.25) is 5.91 Å². The van der Waals surface area contributed by atoms with Crippen LogP contribution in [0, 0.1) is 12.8 Å². The number of anilines is 1. The minimum absolute atomic E-state index is 0.0172. The van der Waals surface area contributed by atoms with Crippen LogP contribution in [0.4, 0.5) is 5.69 Å². The number of amides is 3. The number of benzene rings is 4. The summed E-state index contributed by atoms with van der Waals surface area (Å²) in [5.74, 6) is -0.866. The summed E-state index contributed by atoms with van der Waals surface area (Å²) in [6.45, 7) is 2.26. The van der Waals surface area contributed by atoms with Crippen molar-refractivity contribution >= 4 is 34.2 Å². The van der Waals surface area contributed by atoms with Gasteiger partial charge in [-0.1, -0.05) is 78.4 Å². The summed E-state index contributed by atoms with van der Waals surface area (Å²) >= 11 is 0. The summed E-state index contributed by atoms with van der Waals surface area (Å²) in [6.07, 6.45) is 0.421. The summed E-state index contributed by atoms with van der Waals surface area (Å²) in [4.78, 5) is 42.4. The third-order valence-electron chi connectivity index (χ3n) is 7.20. The minimum Gasteiger partial charge on any atom is -0.303 e. The van der Waals surface area contributed by atoms with Crippen LogP contribution in [0.3, 0.4) is 0 Å². The first kappa shape index (κ1) is 21.3. The molecular formula is C30H24N2O3. The number of hydrogen-bond acceptors (Lipinski definition) is 3. The first-order valence-electron chi connectivity index (χ1n) is 11.9. The zero-order valence-electron chi connectivity index (χ0n) is 19.3. The Kier molecular flexibility index (Phi) is 4.99. The maximum atomic E-state index is 13.6. The molecule has 0 aliphatic carbocycles. The van der Waals surface area contributed by atoms with Gasteiger partial charge < -0.3 is 4.90 Å². The number of imide groups is 1. The van der Waals surface area contributed by atoms with Gasteiger partial charge in [-0.05, 0) is 42.5 Å². The normalized spacial score (nSPS) is 19.3. The summed E-state index contributed by atoms with van der Waals surface area (Å²) in [5.41, 5.74) is 3.96. The number of hydrogen-bond donors (Lipinski definition) is 0. The lowest BCUT2D eigenvalue weighted by atomic mass is 9.79. The molecule has 0 N–H and O–H groups in total. The van der Waals surface area contributed by atoms with Crippen molar-refractivity contribution in [1.29, 1.82) is 0 Å². The van der Waals surface area contributed by atoms with Crippen molar-refractivity contribution in [3.05, 3.63) is 113 Å². The molecule has 4 aromatic carbocycles. The summed E-state index contributed by atoms with van der Waals surface area (Å²) < 4.78 is 0. The van der Waals surface area contributed by atoms with Crippen molar-refractivity contribution in [3.8, 4) is 0 Å². The zero-order valence-corrected chi connectivity index (χ0v) is 19.3. The minimum atomic E-state index is -0.319. The molecule has 0 bridgehead atoms. The van der Waals surface area contributed by atoms with Gasteiger partial charge >= 0.3 is 0 Å². The highest BCUT2D eigenvalue weighted by atomic mass is 16.2. The molecule has 6 rings (SSSR count). The molecule has 3 amide bonds. The molecule has 172 valence electrons. The fourth-order valence-electron chi connectivity index (χ4n) is 5.37. The van der Waals surface area contributed by atoms with Gasteiger partial charge in [-0.3, -0.25) is 19.3 Å². The highest BCUT2D eigenvalue weighted by molar-refractivity contribution is 6.21. The van der Waals surface area contributed by atoms with Gasteiger partial charge in [-0.25, -0.2) is 0 Å². The van der Waals surface area contributed by atoms with Crippen LogP contribution in [0.1, 0.15) is 44.3 Å². The second kappa shape index (κ2) is 8.20. The molecule has 1 saturated heterocycles. The highest BCUT2D eigenvalue weighted by Gasteiger charge is 2.49. The molecule has 2 aliphatic rings. The van der Waals surface area contributed by atoms with Crippen molar-refractivity contribution in [3.63, 3.8) is 0 Å². The number of carbonyl (C=O) groups excluding carboxylic acids is 3. The second-order valence-electron chi connectivity index (χ2n) is 9.26. The first-order valence-corrected chi connectivity index (χ1v) is 11.9. The third kappa shape index (κ3) is 3.35. The van der Waals surface area contributed by atoms with Gasteiger partial charge in [0.15, 0.2) is 0 Å². The maximum Gasteiger partial charge on any atom is 0.261 e. The van der Waals surface area contributed by atoms with E-state index in [-0.39, 0.29) is 36.2 Å².